The normalized spacial score (nSPS) is 12.5. The van der Waals surface area contributed by atoms with E-state index in [1.165, 1.54) is 68.9 Å². The first-order valence-electron chi connectivity index (χ1n) is 9.05. The van der Waals surface area contributed by atoms with Gasteiger partial charge in [0.2, 0.25) is 0 Å². The number of unbranched alkanes of at least 4 members (excludes halogenated alkanes) is 5. The number of benzene rings is 1. The van der Waals surface area contributed by atoms with E-state index in [2.05, 4.69) is 50.4 Å². The Balaban J connectivity index is 2.24. The monoisotopic (exact) mass is 289 g/mol. The standard InChI is InChI=1S/C20H35N/c1-4-6-7-8-9-10-15-20(21-5-2)17-16-19-14-12-11-13-18(19)3/h11-14,20-21H,4-10,15-17H2,1-3H3. The summed E-state index contributed by atoms with van der Waals surface area (Å²) in [6.07, 6.45) is 12.2. The highest BCUT2D eigenvalue weighted by molar-refractivity contribution is 5.25. The highest BCUT2D eigenvalue weighted by Crippen LogP contribution is 2.15. The van der Waals surface area contributed by atoms with Crippen molar-refractivity contribution < 1.29 is 0 Å². The van der Waals surface area contributed by atoms with Gasteiger partial charge in [0.15, 0.2) is 0 Å². The molecule has 1 rings (SSSR count). The van der Waals surface area contributed by atoms with Crippen molar-refractivity contribution in [2.24, 2.45) is 0 Å². The molecule has 0 aromatic heterocycles. The van der Waals surface area contributed by atoms with Gasteiger partial charge in [-0.2, -0.15) is 0 Å². The van der Waals surface area contributed by atoms with Crippen LogP contribution in [0.25, 0.3) is 0 Å². The maximum Gasteiger partial charge on any atom is 0.00701 e. The Bertz CT molecular complexity index is 359. The summed E-state index contributed by atoms with van der Waals surface area (Å²) in [6, 6.07) is 9.50. The molecule has 1 atom stereocenters. The van der Waals surface area contributed by atoms with Crippen LogP contribution in [0.5, 0.6) is 0 Å². The Hall–Kier alpha value is -0.820. The van der Waals surface area contributed by atoms with Gasteiger partial charge >= 0.3 is 0 Å². The van der Waals surface area contributed by atoms with Crippen LogP contribution in [0.4, 0.5) is 0 Å². The van der Waals surface area contributed by atoms with E-state index in [0.29, 0.717) is 6.04 Å². The van der Waals surface area contributed by atoms with Crippen LogP contribution in [-0.2, 0) is 6.42 Å². The van der Waals surface area contributed by atoms with Crippen LogP contribution < -0.4 is 5.32 Å². The Morgan fingerprint density at radius 2 is 1.62 bits per heavy atom. The average molecular weight is 290 g/mol. The highest BCUT2D eigenvalue weighted by atomic mass is 14.9. The van der Waals surface area contributed by atoms with E-state index in [9.17, 15) is 0 Å². The number of hydrogen-bond acceptors (Lipinski definition) is 1. The molecule has 1 unspecified atom stereocenters. The molecule has 0 heterocycles. The molecule has 0 amide bonds. The van der Waals surface area contributed by atoms with Gasteiger partial charge in [-0.15, -0.1) is 0 Å². The Morgan fingerprint density at radius 3 is 2.33 bits per heavy atom. The molecule has 0 spiro atoms. The lowest BCUT2D eigenvalue weighted by Gasteiger charge is -2.18. The third-order valence-corrected chi connectivity index (χ3v) is 4.42. The fourth-order valence-electron chi connectivity index (χ4n) is 3.03. The van der Waals surface area contributed by atoms with Crippen LogP contribution in [0.15, 0.2) is 24.3 Å². The van der Waals surface area contributed by atoms with Crippen molar-refractivity contribution in [3.63, 3.8) is 0 Å². The number of rotatable bonds is 12. The fourth-order valence-corrected chi connectivity index (χ4v) is 3.03. The molecular weight excluding hydrogens is 254 g/mol. The molecular formula is C20H35N. The van der Waals surface area contributed by atoms with Gasteiger partial charge in [-0.1, -0.05) is 76.6 Å². The van der Waals surface area contributed by atoms with Gasteiger partial charge in [0.1, 0.15) is 0 Å². The molecule has 21 heavy (non-hydrogen) atoms. The van der Waals surface area contributed by atoms with Gasteiger partial charge in [-0.3, -0.25) is 0 Å². The number of aryl methyl sites for hydroxylation is 2. The largest absolute Gasteiger partial charge is 0.314 e. The number of hydrogen-bond donors (Lipinski definition) is 1. The minimum absolute atomic E-state index is 0.695. The lowest BCUT2D eigenvalue weighted by Crippen LogP contribution is -2.29. The zero-order chi connectivity index (χ0) is 15.3. The Morgan fingerprint density at radius 1 is 0.905 bits per heavy atom. The van der Waals surface area contributed by atoms with Crippen molar-refractivity contribution in [3.05, 3.63) is 35.4 Å². The van der Waals surface area contributed by atoms with E-state index >= 15 is 0 Å². The molecule has 0 aliphatic rings. The molecule has 0 saturated carbocycles. The summed E-state index contributed by atoms with van der Waals surface area (Å²) >= 11 is 0. The Kier molecular flexibility index (Phi) is 10.2. The third kappa shape index (κ3) is 8.26. The first-order valence-corrected chi connectivity index (χ1v) is 9.05. The predicted molar refractivity (Wildman–Crippen MR) is 95.0 cm³/mol. The second-order valence-corrected chi connectivity index (χ2v) is 6.28. The third-order valence-electron chi connectivity index (χ3n) is 4.42. The topological polar surface area (TPSA) is 12.0 Å². The van der Waals surface area contributed by atoms with Crippen LogP contribution in [0.1, 0.15) is 76.3 Å². The number of nitrogens with one attached hydrogen (secondary N) is 1. The van der Waals surface area contributed by atoms with Gasteiger partial charge in [0.05, 0.1) is 0 Å². The van der Waals surface area contributed by atoms with Crippen molar-refractivity contribution in [2.75, 3.05) is 6.54 Å². The zero-order valence-electron chi connectivity index (χ0n) is 14.5. The molecule has 120 valence electrons. The summed E-state index contributed by atoms with van der Waals surface area (Å²) in [6.45, 7) is 7.83. The summed E-state index contributed by atoms with van der Waals surface area (Å²) in [7, 11) is 0. The van der Waals surface area contributed by atoms with E-state index in [4.69, 9.17) is 0 Å². The van der Waals surface area contributed by atoms with Crippen molar-refractivity contribution in [1.29, 1.82) is 0 Å². The van der Waals surface area contributed by atoms with Gasteiger partial charge in [-0.25, -0.2) is 0 Å². The summed E-state index contributed by atoms with van der Waals surface area (Å²) in [5.41, 5.74) is 2.95. The smallest absolute Gasteiger partial charge is 0.00701 e. The first-order chi connectivity index (χ1) is 10.3. The molecule has 1 N–H and O–H groups in total. The fraction of sp³-hybridized carbons (Fsp3) is 0.700. The van der Waals surface area contributed by atoms with Crippen molar-refractivity contribution in [3.8, 4) is 0 Å². The molecule has 0 bridgehead atoms. The van der Waals surface area contributed by atoms with Crippen molar-refractivity contribution >= 4 is 0 Å². The molecule has 1 aromatic rings. The molecule has 0 fully saturated rings. The van der Waals surface area contributed by atoms with E-state index in [1.54, 1.807) is 0 Å². The summed E-state index contributed by atoms with van der Waals surface area (Å²) in [4.78, 5) is 0. The van der Waals surface area contributed by atoms with Gasteiger partial charge in [0, 0.05) is 6.04 Å². The van der Waals surface area contributed by atoms with Crippen molar-refractivity contribution in [1.82, 2.24) is 5.32 Å². The lowest BCUT2D eigenvalue weighted by molar-refractivity contribution is 0.438. The van der Waals surface area contributed by atoms with Gasteiger partial charge in [-0.05, 0) is 43.9 Å². The zero-order valence-corrected chi connectivity index (χ0v) is 14.5. The van der Waals surface area contributed by atoms with Crippen LogP contribution in [0.2, 0.25) is 0 Å². The predicted octanol–water partition coefficient (Wildman–Crippen LogP) is 5.66. The van der Waals surface area contributed by atoms with Crippen LogP contribution >= 0.6 is 0 Å². The van der Waals surface area contributed by atoms with Gasteiger partial charge in [0.25, 0.3) is 0 Å². The maximum atomic E-state index is 3.67. The first kappa shape index (κ1) is 18.2. The second-order valence-electron chi connectivity index (χ2n) is 6.28. The van der Waals surface area contributed by atoms with Crippen molar-refractivity contribution in [2.45, 2.75) is 84.6 Å². The second kappa shape index (κ2) is 11.8. The molecule has 1 heteroatoms. The summed E-state index contributed by atoms with van der Waals surface area (Å²) < 4.78 is 0. The van der Waals surface area contributed by atoms with Crippen LogP contribution in [0.3, 0.4) is 0 Å². The van der Waals surface area contributed by atoms with Crippen LogP contribution in [-0.4, -0.2) is 12.6 Å². The minimum Gasteiger partial charge on any atom is -0.314 e. The van der Waals surface area contributed by atoms with E-state index in [1.807, 2.05) is 0 Å². The molecule has 0 radical (unpaired) electrons. The quantitative estimate of drug-likeness (QED) is 0.490. The molecule has 0 aliphatic heterocycles. The SMILES string of the molecule is CCCCCCCCC(CCc1ccccc1C)NCC. The molecule has 1 aromatic carbocycles. The summed E-state index contributed by atoms with van der Waals surface area (Å²) in [5.74, 6) is 0. The average Bonchev–Trinajstić information content (AvgIpc) is 2.49. The maximum absolute atomic E-state index is 3.67. The van der Waals surface area contributed by atoms with E-state index in [-0.39, 0.29) is 0 Å². The highest BCUT2D eigenvalue weighted by Gasteiger charge is 2.08. The summed E-state index contributed by atoms with van der Waals surface area (Å²) in [5, 5.41) is 3.67. The minimum atomic E-state index is 0.695. The van der Waals surface area contributed by atoms with Crippen LogP contribution in [0, 0.1) is 6.92 Å². The molecule has 1 nitrogen and oxygen atoms in total. The lowest BCUT2D eigenvalue weighted by atomic mass is 9.97. The molecule has 0 saturated heterocycles. The van der Waals surface area contributed by atoms with E-state index < -0.39 is 0 Å². The van der Waals surface area contributed by atoms with E-state index in [0.717, 1.165) is 6.54 Å². The molecule has 0 aliphatic carbocycles. The van der Waals surface area contributed by atoms with Gasteiger partial charge < -0.3 is 5.32 Å². The Labute approximate surface area is 132 Å².